The first kappa shape index (κ1) is 23.6. The van der Waals surface area contributed by atoms with Gasteiger partial charge in [-0.3, -0.25) is 15.5 Å². The van der Waals surface area contributed by atoms with Crippen LogP contribution in [-0.2, 0) is 23.7 Å². The van der Waals surface area contributed by atoms with Crippen molar-refractivity contribution >= 4 is 29.8 Å². The maximum Gasteiger partial charge on any atom is 0.428 e. The minimum Gasteiger partial charge on any atom is -0.463 e. The second kappa shape index (κ2) is 8.99. The van der Waals surface area contributed by atoms with Gasteiger partial charge in [0.2, 0.25) is 12.3 Å². The molecule has 0 saturated carbocycles. The Bertz CT molecular complexity index is 1090. The second-order valence-electron chi connectivity index (χ2n) is 8.60. The fourth-order valence-electron chi connectivity index (χ4n) is 4.00. The average molecular weight is 472 g/mol. The number of benzene rings is 1. The Hall–Kier alpha value is -3.57. The lowest BCUT2D eigenvalue weighted by atomic mass is 10.0. The van der Waals surface area contributed by atoms with Crippen LogP contribution in [0.5, 0.6) is 0 Å². The number of quaternary nitrogens is 1. The summed E-state index contributed by atoms with van der Waals surface area (Å²) in [4.78, 5) is 51.0. The predicted octanol–water partition coefficient (Wildman–Crippen LogP) is 1.73. The highest BCUT2D eigenvalue weighted by atomic mass is 16.7. The summed E-state index contributed by atoms with van der Waals surface area (Å²) < 4.78 is 22.4. The van der Waals surface area contributed by atoms with Gasteiger partial charge in [-0.1, -0.05) is 26.0 Å². The van der Waals surface area contributed by atoms with Crippen molar-refractivity contribution in [3.63, 3.8) is 0 Å². The lowest BCUT2D eigenvalue weighted by Crippen LogP contribution is -2.63. The summed E-state index contributed by atoms with van der Waals surface area (Å²) in [5.41, 5.74) is 0.0635. The molecule has 180 valence electrons. The van der Waals surface area contributed by atoms with Crippen molar-refractivity contribution in [2.75, 3.05) is 13.7 Å². The van der Waals surface area contributed by atoms with Gasteiger partial charge in [-0.25, -0.2) is 14.4 Å². The van der Waals surface area contributed by atoms with E-state index in [1.54, 1.807) is 19.1 Å². The predicted molar refractivity (Wildman–Crippen MR) is 116 cm³/mol. The van der Waals surface area contributed by atoms with Crippen molar-refractivity contribution in [2.24, 2.45) is 5.92 Å². The van der Waals surface area contributed by atoms with Crippen LogP contribution >= 0.6 is 0 Å². The van der Waals surface area contributed by atoms with Gasteiger partial charge in [0.15, 0.2) is 6.10 Å². The van der Waals surface area contributed by atoms with Gasteiger partial charge in [-0.15, -0.1) is 0 Å². The molecule has 1 aromatic carbocycles. The van der Waals surface area contributed by atoms with E-state index in [1.807, 2.05) is 6.92 Å². The summed E-state index contributed by atoms with van der Waals surface area (Å²) in [6.45, 7) is 3.30. The van der Waals surface area contributed by atoms with Crippen LogP contribution in [0, 0.1) is 11.3 Å². The van der Waals surface area contributed by atoms with Crippen molar-refractivity contribution in [1.29, 1.82) is 5.41 Å². The van der Waals surface area contributed by atoms with Gasteiger partial charge in [-0.2, -0.15) is 4.48 Å². The topological polar surface area (TPSA) is 141 Å². The minimum absolute atomic E-state index is 0.0272. The normalized spacial score (nSPS) is 31.3. The highest BCUT2D eigenvalue weighted by Gasteiger charge is 2.61. The Balaban J connectivity index is 1.70. The van der Waals surface area contributed by atoms with Crippen molar-refractivity contribution in [1.82, 2.24) is 5.32 Å². The van der Waals surface area contributed by atoms with Crippen molar-refractivity contribution in [3.8, 4) is 0 Å². The zero-order valence-corrected chi connectivity index (χ0v) is 19.0. The summed E-state index contributed by atoms with van der Waals surface area (Å²) in [6, 6.07) is 5.48. The van der Waals surface area contributed by atoms with Gasteiger partial charge in [0.05, 0.1) is 24.1 Å². The van der Waals surface area contributed by atoms with Gasteiger partial charge in [0.25, 0.3) is 0 Å². The molecule has 0 radical (unpaired) electrons. The molecule has 2 amide bonds. The number of hydrogen-bond donors (Lipinski definition) is 2. The number of fused-ring (bicyclic) bond motifs is 2. The molecule has 6 atom stereocenters. The molecule has 34 heavy (non-hydrogen) atoms. The zero-order valence-electron chi connectivity index (χ0n) is 19.0. The average Bonchev–Trinajstić information content (AvgIpc) is 3.15. The standard InChI is InChI=1S/C23H25N3O8/c1-4-12(2)20(27)31-11-15-17-18(19(32-15)26(3)10-9-16(24)25-23(26)30)34-22(29)14-8-6-5-7-13(14)21(28)33-17/h5-10,12,15,17-19H,4,11H2,1-3H3,(H-,24,25,30)/p+1/t12-,15+,17+,18+,19+,26?/m0/s1. The summed E-state index contributed by atoms with van der Waals surface area (Å²) in [5, 5.41) is 10.1. The van der Waals surface area contributed by atoms with E-state index in [0.717, 1.165) is 0 Å². The number of carbonyl (C=O) groups is 4. The highest BCUT2D eigenvalue weighted by molar-refractivity contribution is 6.04. The molecule has 1 saturated heterocycles. The molecule has 0 aliphatic carbocycles. The molecule has 1 fully saturated rings. The van der Waals surface area contributed by atoms with E-state index >= 15 is 0 Å². The highest BCUT2D eigenvalue weighted by Crippen LogP contribution is 2.36. The third kappa shape index (κ3) is 4.08. The molecule has 11 heteroatoms. The van der Waals surface area contributed by atoms with E-state index in [9.17, 15) is 19.2 Å². The number of nitrogens with zero attached hydrogens (tertiary/aromatic N) is 1. The monoisotopic (exact) mass is 472 g/mol. The Morgan fingerprint density at radius 3 is 2.35 bits per heavy atom. The van der Waals surface area contributed by atoms with Crippen LogP contribution < -0.4 is 5.32 Å². The number of nitrogens with one attached hydrogen (secondary N) is 2. The number of amides is 2. The van der Waals surface area contributed by atoms with Gasteiger partial charge in [-0.05, 0) is 18.6 Å². The smallest absolute Gasteiger partial charge is 0.428 e. The molecule has 1 aromatic rings. The first-order valence-corrected chi connectivity index (χ1v) is 10.9. The zero-order chi connectivity index (χ0) is 24.6. The largest absolute Gasteiger partial charge is 0.463 e. The first-order chi connectivity index (χ1) is 16.2. The van der Waals surface area contributed by atoms with Crippen LogP contribution in [0.15, 0.2) is 36.5 Å². The number of urea groups is 1. The second-order valence-corrected chi connectivity index (χ2v) is 8.60. The molecule has 3 aliphatic rings. The lowest BCUT2D eigenvalue weighted by molar-refractivity contribution is -0.836. The van der Waals surface area contributed by atoms with E-state index in [0.29, 0.717) is 6.42 Å². The van der Waals surface area contributed by atoms with E-state index in [-0.39, 0.29) is 29.5 Å². The number of rotatable bonds is 5. The molecule has 0 aromatic heterocycles. The molecule has 4 rings (SSSR count). The minimum atomic E-state index is -1.19. The summed E-state index contributed by atoms with van der Waals surface area (Å²) in [6.07, 6.45) is -1.08. The third-order valence-corrected chi connectivity index (χ3v) is 6.30. The summed E-state index contributed by atoms with van der Waals surface area (Å²) >= 11 is 0. The van der Waals surface area contributed by atoms with Gasteiger partial charge in [0, 0.05) is 6.08 Å². The molecular weight excluding hydrogens is 446 g/mol. The van der Waals surface area contributed by atoms with Crippen molar-refractivity contribution in [3.05, 3.63) is 47.7 Å². The number of esters is 3. The first-order valence-electron chi connectivity index (χ1n) is 10.9. The van der Waals surface area contributed by atoms with Gasteiger partial charge in [0.1, 0.15) is 24.7 Å². The molecule has 2 N–H and O–H groups in total. The Kier molecular flexibility index (Phi) is 6.24. The number of ether oxygens (including phenoxy) is 4. The fourth-order valence-corrected chi connectivity index (χ4v) is 4.00. The maximum absolute atomic E-state index is 13.0. The molecule has 1 unspecified atom stereocenters. The fraction of sp³-hybridized carbons (Fsp3) is 0.435. The SMILES string of the molecule is CC[C@H](C)C(=O)OC[C@H]1O[C@@H]([N+]2(C)C=CC(=N)NC2=O)[C@@H]2OC(=O)c3ccccc3C(=O)O[C@@H]21. The van der Waals surface area contributed by atoms with Crippen LogP contribution in [-0.4, -0.2) is 72.5 Å². The lowest BCUT2D eigenvalue weighted by Gasteiger charge is -2.36. The van der Waals surface area contributed by atoms with E-state index in [1.165, 1.54) is 31.5 Å². The van der Waals surface area contributed by atoms with Crippen LogP contribution in [0.2, 0.25) is 0 Å². The number of hydrogen-bond acceptors (Lipinski definition) is 9. The van der Waals surface area contributed by atoms with Crippen LogP contribution in [0.4, 0.5) is 4.79 Å². The number of carbonyl (C=O) groups excluding carboxylic acids is 4. The van der Waals surface area contributed by atoms with Gasteiger partial charge >= 0.3 is 23.9 Å². The maximum atomic E-state index is 13.0. The molecule has 3 aliphatic heterocycles. The molecular formula is C23H26N3O8+. The van der Waals surface area contributed by atoms with Crippen LogP contribution in [0.3, 0.4) is 0 Å². The van der Waals surface area contributed by atoms with E-state index in [4.69, 9.17) is 24.4 Å². The van der Waals surface area contributed by atoms with E-state index in [2.05, 4.69) is 5.32 Å². The van der Waals surface area contributed by atoms with Crippen molar-refractivity contribution < 1.29 is 42.6 Å². The van der Waals surface area contributed by atoms with Crippen LogP contribution in [0.25, 0.3) is 0 Å². The quantitative estimate of drug-likeness (QED) is 0.375. The Morgan fingerprint density at radius 2 is 1.76 bits per heavy atom. The molecule has 11 nitrogen and oxygen atoms in total. The Morgan fingerprint density at radius 1 is 1.15 bits per heavy atom. The number of amidine groups is 1. The van der Waals surface area contributed by atoms with E-state index < -0.39 is 53.0 Å². The summed E-state index contributed by atoms with van der Waals surface area (Å²) in [7, 11) is 1.51. The molecule has 3 heterocycles. The third-order valence-electron chi connectivity index (χ3n) is 6.30. The van der Waals surface area contributed by atoms with Crippen LogP contribution in [0.1, 0.15) is 41.0 Å². The molecule has 0 bridgehead atoms. The molecule has 0 spiro atoms. The van der Waals surface area contributed by atoms with Crippen molar-refractivity contribution in [2.45, 2.75) is 44.8 Å². The summed E-state index contributed by atoms with van der Waals surface area (Å²) in [5.74, 6) is -2.43. The number of likely N-dealkylation sites (N-methyl/N-ethyl adjacent to an activating group) is 1. The van der Waals surface area contributed by atoms with Gasteiger partial charge < -0.3 is 18.9 Å². The Labute approximate surface area is 195 Å².